The predicted molar refractivity (Wildman–Crippen MR) is 91.7 cm³/mol. The molecule has 0 fully saturated rings. The molecule has 2 aromatic carbocycles. The van der Waals surface area contributed by atoms with Crippen LogP contribution in [0, 0.1) is 5.82 Å². The van der Waals surface area contributed by atoms with Crippen molar-refractivity contribution < 1.29 is 4.39 Å². The van der Waals surface area contributed by atoms with E-state index in [-0.39, 0.29) is 5.82 Å². The second kappa shape index (κ2) is 6.96. The fourth-order valence-corrected chi connectivity index (χ4v) is 2.45. The number of nitrogens with one attached hydrogen (secondary N) is 3. The van der Waals surface area contributed by atoms with Crippen molar-refractivity contribution in [1.29, 1.82) is 0 Å². The molecule has 0 spiro atoms. The molecule has 1 heterocycles. The van der Waals surface area contributed by atoms with Crippen molar-refractivity contribution in [2.45, 2.75) is 13.1 Å². The number of halogens is 1. The maximum Gasteiger partial charge on any atom is 0.191 e. The molecule has 0 saturated heterocycles. The number of hydrogen-bond donors (Lipinski definition) is 3. The third-order valence-electron chi connectivity index (χ3n) is 3.66. The average molecular weight is 310 g/mol. The van der Waals surface area contributed by atoms with Gasteiger partial charge >= 0.3 is 0 Å². The number of guanidine groups is 1. The second-order valence-corrected chi connectivity index (χ2v) is 5.25. The lowest BCUT2D eigenvalue weighted by Gasteiger charge is -2.11. The van der Waals surface area contributed by atoms with Gasteiger partial charge in [-0.2, -0.15) is 0 Å². The summed E-state index contributed by atoms with van der Waals surface area (Å²) in [4.78, 5) is 7.51. The van der Waals surface area contributed by atoms with E-state index in [1.165, 1.54) is 11.5 Å². The fourth-order valence-electron chi connectivity index (χ4n) is 2.45. The molecule has 0 saturated carbocycles. The number of hydrogen-bond acceptors (Lipinski definition) is 1. The molecular formula is C18H19FN4. The van der Waals surface area contributed by atoms with Crippen LogP contribution >= 0.6 is 0 Å². The van der Waals surface area contributed by atoms with Crippen LogP contribution in [0.2, 0.25) is 0 Å². The molecular weight excluding hydrogens is 291 g/mol. The summed E-state index contributed by atoms with van der Waals surface area (Å²) < 4.78 is 13.6. The van der Waals surface area contributed by atoms with Crippen molar-refractivity contribution in [2.75, 3.05) is 7.05 Å². The Balaban J connectivity index is 1.58. The summed E-state index contributed by atoms with van der Waals surface area (Å²) in [5.74, 6) is 0.415. The van der Waals surface area contributed by atoms with Crippen LogP contribution < -0.4 is 10.6 Å². The summed E-state index contributed by atoms with van der Waals surface area (Å²) in [7, 11) is 1.70. The van der Waals surface area contributed by atoms with Crippen LogP contribution in [0.5, 0.6) is 0 Å². The van der Waals surface area contributed by atoms with E-state index in [1.807, 2.05) is 24.3 Å². The van der Waals surface area contributed by atoms with E-state index in [9.17, 15) is 4.39 Å². The Kier molecular flexibility index (Phi) is 4.57. The summed E-state index contributed by atoms with van der Waals surface area (Å²) in [5, 5.41) is 7.52. The molecule has 0 unspecified atom stereocenters. The van der Waals surface area contributed by atoms with E-state index in [0.717, 1.165) is 11.2 Å². The Labute approximate surface area is 134 Å². The average Bonchev–Trinajstić information content (AvgIpc) is 2.99. The van der Waals surface area contributed by atoms with Gasteiger partial charge < -0.3 is 15.6 Å². The number of rotatable bonds is 4. The van der Waals surface area contributed by atoms with Gasteiger partial charge in [-0.1, -0.05) is 36.4 Å². The van der Waals surface area contributed by atoms with E-state index in [4.69, 9.17) is 0 Å². The van der Waals surface area contributed by atoms with Crippen LogP contribution in [-0.2, 0) is 13.1 Å². The van der Waals surface area contributed by atoms with Gasteiger partial charge in [-0.3, -0.25) is 4.99 Å². The zero-order chi connectivity index (χ0) is 16.1. The number of H-pyrrole nitrogens is 1. The fraction of sp³-hybridized carbons (Fsp3) is 0.167. The highest BCUT2D eigenvalue weighted by Crippen LogP contribution is 2.14. The molecule has 1 aromatic heterocycles. The Hall–Kier alpha value is -2.82. The third kappa shape index (κ3) is 3.69. The van der Waals surface area contributed by atoms with Gasteiger partial charge in [0.05, 0.1) is 6.54 Å². The van der Waals surface area contributed by atoms with Crippen molar-refractivity contribution in [3.05, 3.63) is 71.7 Å². The molecule has 3 N–H and O–H groups in total. The smallest absolute Gasteiger partial charge is 0.191 e. The van der Waals surface area contributed by atoms with Gasteiger partial charge in [-0.15, -0.1) is 0 Å². The maximum atomic E-state index is 13.6. The normalized spacial score (nSPS) is 11.7. The Morgan fingerprint density at radius 1 is 1.04 bits per heavy atom. The van der Waals surface area contributed by atoms with Crippen LogP contribution in [0.15, 0.2) is 59.6 Å². The van der Waals surface area contributed by atoms with E-state index in [0.29, 0.717) is 24.6 Å². The lowest BCUT2D eigenvalue weighted by molar-refractivity contribution is 0.604. The van der Waals surface area contributed by atoms with Crippen molar-refractivity contribution in [3.8, 4) is 0 Å². The molecule has 0 amide bonds. The monoisotopic (exact) mass is 310 g/mol. The highest BCUT2D eigenvalue weighted by Gasteiger charge is 2.04. The largest absolute Gasteiger partial charge is 0.357 e. The first-order valence-corrected chi connectivity index (χ1v) is 7.51. The zero-order valence-electron chi connectivity index (χ0n) is 12.9. The molecule has 4 nitrogen and oxygen atoms in total. The number of aromatic nitrogens is 1. The van der Waals surface area contributed by atoms with Gasteiger partial charge in [0, 0.05) is 30.4 Å². The first kappa shape index (κ1) is 15.1. The molecule has 118 valence electrons. The molecule has 0 aliphatic carbocycles. The lowest BCUT2D eigenvalue weighted by Crippen LogP contribution is -2.36. The molecule has 0 radical (unpaired) electrons. The Morgan fingerprint density at radius 3 is 2.57 bits per heavy atom. The number of benzene rings is 2. The highest BCUT2D eigenvalue weighted by atomic mass is 19.1. The van der Waals surface area contributed by atoms with Crippen LogP contribution in [0.3, 0.4) is 0 Å². The highest BCUT2D eigenvalue weighted by molar-refractivity contribution is 5.81. The van der Waals surface area contributed by atoms with Crippen molar-refractivity contribution in [3.63, 3.8) is 0 Å². The first-order chi connectivity index (χ1) is 11.3. The molecule has 0 bridgehead atoms. The van der Waals surface area contributed by atoms with E-state index in [2.05, 4.69) is 32.7 Å². The Bertz CT molecular complexity index is 790. The van der Waals surface area contributed by atoms with Gasteiger partial charge in [-0.05, 0) is 23.6 Å². The van der Waals surface area contributed by atoms with Gasteiger partial charge in [-0.25, -0.2) is 4.39 Å². The van der Waals surface area contributed by atoms with E-state index < -0.39 is 0 Å². The van der Waals surface area contributed by atoms with E-state index in [1.54, 1.807) is 19.2 Å². The van der Waals surface area contributed by atoms with E-state index >= 15 is 0 Å². The maximum absolute atomic E-state index is 13.6. The minimum atomic E-state index is -0.217. The lowest BCUT2D eigenvalue weighted by atomic mass is 10.2. The van der Waals surface area contributed by atoms with Crippen LogP contribution in [0.25, 0.3) is 10.9 Å². The number of aromatic amines is 1. The van der Waals surface area contributed by atoms with Crippen LogP contribution in [-0.4, -0.2) is 18.0 Å². The van der Waals surface area contributed by atoms with Crippen LogP contribution in [0.1, 0.15) is 11.3 Å². The SMILES string of the molecule is CN=C(NCc1cc2ccccc2[nH]1)NCc1ccccc1F. The molecule has 3 rings (SSSR count). The molecule has 5 heteroatoms. The summed E-state index contributed by atoms with van der Waals surface area (Å²) in [6.07, 6.45) is 0. The summed E-state index contributed by atoms with van der Waals surface area (Å²) >= 11 is 0. The molecule has 0 aliphatic rings. The van der Waals surface area contributed by atoms with Crippen molar-refractivity contribution in [1.82, 2.24) is 15.6 Å². The predicted octanol–water partition coefficient (Wildman–Crippen LogP) is 3.17. The summed E-state index contributed by atoms with van der Waals surface area (Å²) in [6.45, 7) is 1.00. The zero-order valence-corrected chi connectivity index (χ0v) is 12.9. The van der Waals surface area contributed by atoms with Crippen molar-refractivity contribution >= 4 is 16.9 Å². The molecule has 3 aromatic rings. The number of para-hydroxylation sites is 1. The third-order valence-corrected chi connectivity index (χ3v) is 3.66. The summed E-state index contributed by atoms with van der Waals surface area (Å²) in [5.41, 5.74) is 2.79. The molecule has 0 atom stereocenters. The van der Waals surface area contributed by atoms with Crippen LogP contribution in [0.4, 0.5) is 4.39 Å². The van der Waals surface area contributed by atoms with Crippen molar-refractivity contribution in [2.24, 2.45) is 4.99 Å². The first-order valence-electron chi connectivity index (χ1n) is 7.51. The van der Waals surface area contributed by atoms with Gasteiger partial charge in [0.1, 0.15) is 5.82 Å². The quantitative estimate of drug-likeness (QED) is 0.512. The van der Waals surface area contributed by atoms with Gasteiger partial charge in [0.2, 0.25) is 0 Å². The number of aliphatic imine (C=N–C) groups is 1. The summed E-state index contributed by atoms with van der Waals surface area (Å²) in [6, 6.07) is 17.0. The second-order valence-electron chi connectivity index (χ2n) is 5.25. The van der Waals surface area contributed by atoms with Gasteiger partial charge in [0.25, 0.3) is 0 Å². The molecule has 0 aliphatic heterocycles. The Morgan fingerprint density at radius 2 is 1.78 bits per heavy atom. The molecule has 23 heavy (non-hydrogen) atoms. The number of fused-ring (bicyclic) bond motifs is 1. The standard InChI is InChI=1S/C18H19FN4/c1-20-18(21-11-14-7-2-4-8-16(14)19)22-12-15-10-13-6-3-5-9-17(13)23-15/h2-10,23H,11-12H2,1H3,(H2,20,21,22). The minimum Gasteiger partial charge on any atom is -0.357 e. The topological polar surface area (TPSA) is 52.2 Å². The number of nitrogens with zero attached hydrogens (tertiary/aromatic N) is 1. The van der Waals surface area contributed by atoms with Gasteiger partial charge in [0.15, 0.2) is 5.96 Å². The minimum absolute atomic E-state index is 0.217.